The van der Waals surface area contributed by atoms with Gasteiger partial charge < -0.3 is 4.57 Å². The molecule has 0 N–H and O–H groups in total. The van der Waals surface area contributed by atoms with Gasteiger partial charge in [-0.1, -0.05) is 64.7 Å². The lowest BCUT2D eigenvalue weighted by Gasteiger charge is -2.03. The van der Waals surface area contributed by atoms with Crippen LogP contribution in [-0.2, 0) is 13.5 Å². The molecule has 0 bridgehead atoms. The van der Waals surface area contributed by atoms with E-state index in [0.717, 1.165) is 6.42 Å². The molecular formula is C16H31IN2. The molecule has 0 spiro atoms. The Balaban J connectivity index is 0.00000324. The summed E-state index contributed by atoms with van der Waals surface area (Å²) in [5, 5.41) is 0. The fourth-order valence-corrected chi connectivity index (χ4v) is 2.41. The van der Waals surface area contributed by atoms with E-state index in [2.05, 4.69) is 23.5 Å². The first-order valence-corrected chi connectivity index (χ1v) is 7.80. The SMILES string of the molecule is CCCCCCCCCCCCc1nccn1C.I. The predicted molar refractivity (Wildman–Crippen MR) is 94.2 cm³/mol. The van der Waals surface area contributed by atoms with Gasteiger partial charge in [0.1, 0.15) is 5.82 Å². The summed E-state index contributed by atoms with van der Waals surface area (Å²) in [5.41, 5.74) is 0. The number of hydrogen-bond acceptors (Lipinski definition) is 1. The summed E-state index contributed by atoms with van der Waals surface area (Å²) in [7, 11) is 2.08. The van der Waals surface area contributed by atoms with Crippen LogP contribution in [0.2, 0.25) is 0 Å². The van der Waals surface area contributed by atoms with E-state index in [1.165, 1.54) is 70.0 Å². The standard InChI is InChI=1S/C16H30N2.HI/c1-3-4-5-6-7-8-9-10-11-12-13-16-17-14-15-18(16)2;/h14-15H,3-13H2,1-2H3;1H. The molecule has 3 heteroatoms. The quantitative estimate of drug-likeness (QED) is 0.367. The molecule has 0 amide bonds. The maximum absolute atomic E-state index is 4.35. The van der Waals surface area contributed by atoms with Gasteiger partial charge >= 0.3 is 0 Å². The van der Waals surface area contributed by atoms with Crippen LogP contribution in [0.4, 0.5) is 0 Å². The second kappa shape index (κ2) is 12.9. The van der Waals surface area contributed by atoms with Gasteiger partial charge in [0.2, 0.25) is 0 Å². The molecule has 0 fully saturated rings. The number of imidazole rings is 1. The average molecular weight is 378 g/mol. The third-order valence-corrected chi connectivity index (χ3v) is 3.67. The van der Waals surface area contributed by atoms with Crippen LogP contribution in [0, 0.1) is 0 Å². The number of hydrogen-bond donors (Lipinski definition) is 0. The number of halogens is 1. The van der Waals surface area contributed by atoms with Gasteiger partial charge in [-0.3, -0.25) is 0 Å². The van der Waals surface area contributed by atoms with E-state index < -0.39 is 0 Å². The molecule has 0 saturated carbocycles. The summed E-state index contributed by atoms with van der Waals surface area (Å²) in [4.78, 5) is 4.35. The van der Waals surface area contributed by atoms with Crippen LogP contribution in [0.5, 0.6) is 0 Å². The van der Waals surface area contributed by atoms with Crippen LogP contribution in [0.1, 0.15) is 77.0 Å². The van der Waals surface area contributed by atoms with Crippen molar-refractivity contribution in [3.8, 4) is 0 Å². The molecule has 0 unspecified atom stereocenters. The molecule has 0 saturated heterocycles. The largest absolute Gasteiger partial charge is 0.338 e. The molecule has 0 atom stereocenters. The Kier molecular flexibility index (Phi) is 12.9. The Morgan fingerprint density at radius 3 is 1.89 bits per heavy atom. The van der Waals surface area contributed by atoms with Gasteiger partial charge in [0.25, 0.3) is 0 Å². The monoisotopic (exact) mass is 378 g/mol. The van der Waals surface area contributed by atoms with E-state index in [4.69, 9.17) is 0 Å². The fourth-order valence-electron chi connectivity index (χ4n) is 2.41. The van der Waals surface area contributed by atoms with E-state index >= 15 is 0 Å². The lowest BCUT2D eigenvalue weighted by Crippen LogP contribution is -1.96. The van der Waals surface area contributed by atoms with Crippen LogP contribution in [0.3, 0.4) is 0 Å². The summed E-state index contributed by atoms with van der Waals surface area (Å²) < 4.78 is 2.13. The first-order chi connectivity index (χ1) is 8.84. The summed E-state index contributed by atoms with van der Waals surface area (Å²) >= 11 is 0. The first kappa shape index (κ1) is 18.9. The van der Waals surface area contributed by atoms with Crippen molar-refractivity contribution in [3.05, 3.63) is 18.2 Å². The maximum Gasteiger partial charge on any atom is 0.108 e. The topological polar surface area (TPSA) is 17.8 Å². The Hall–Kier alpha value is -0.0600. The van der Waals surface area contributed by atoms with Crippen molar-refractivity contribution in [1.82, 2.24) is 9.55 Å². The highest BCUT2D eigenvalue weighted by Crippen LogP contribution is 2.11. The zero-order valence-corrected chi connectivity index (χ0v) is 15.1. The summed E-state index contributed by atoms with van der Waals surface area (Å²) in [6, 6.07) is 0. The minimum absolute atomic E-state index is 0. The number of rotatable bonds is 11. The van der Waals surface area contributed by atoms with Crippen LogP contribution < -0.4 is 0 Å². The first-order valence-electron chi connectivity index (χ1n) is 7.80. The molecule has 0 aliphatic rings. The van der Waals surface area contributed by atoms with E-state index in [0.29, 0.717) is 0 Å². The molecule has 1 aromatic rings. The molecule has 112 valence electrons. The van der Waals surface area contributed by atoms with Crippen LogP contribution >= 0.6 is 24.0 Å². The van der Waals surface area contributed by atoms with E-state index in [9.17, 15) is 0 Å². The van der Waals surface area contributed by atoms with Gasteiger partial charge in [-0.2, -0.15) is 0 Å². The minimum atomic E-state index is 0. The molecule has 0 aliphatic heterocycles. The summed E-state index contributed by atoms with van der Waals surface area (Å²) in [5.74, 6) is 1.23. The van der Waals surface area contributed by atoms with Gasteiger partial charge in [-0.15, -0.1) is 24.0 Å². The summed E-state index contributed by atoms with van der Waals surface area (Å²) in [6.07, 6.45) is 19.1. The van der Waals surface area contributed by atoms with E-state index in [1.54, 1.807) is 0 Å². The van der Waals surface area contributed by atoms with Crippen molar-refractivity contribution in [2.75, 3.05) is 0 Å². The van der Waals surface area contributed by atoms with Crippen molar-refractivity contribution in [2.24, 2.45) is 7.05 Å². The molecule has 0 radical (unpaired) electrons. The molecule has 0 aliphatic carbocycles. The zero-order chi connectivity index (χ0) is 13.1. The van der Waals surface area contributed by atoms with Gasteiger partial charge in [0, 0.05) is 25.9 Å². The van der Waals surface area contributed by atoms with Crippen molar-refractivity contribution < 1.29 is 0 Å². The molecule has 1 aromatic heterocycles. The van der Waals surface area contributed by atoms with Crippen molar-refractivity contribution >= 4 is 24.0 Å². The third kappa shape index (κ3) is 9.47. The Morgan fingerprint density at radius 1 is 0.895 bits per heavy atom. The summed E-state index contributed by atoms with van der Waals surface area (Å²) in [6.45, 7) is 2.28. The second-order valence-corrected chi connectivity index (χ2v) is 5.39. The van der Waals surface area contributed by atoms with Gasteiger partial charge in [-0.25, -0.2) is 4.98 Å². The second-order valence-electron chi connectivity index (χ2n) is 5.39. The normalized spacial score (nSPS) is 10.4. The van der Waals surface area contributed by atoms with Crippen LogP contribution in [0.25, 0.3) is 0 Å². The molecule has 2 nitrogen and oxygen atoms in total. The highest BCUT2D eigenvalue weighted by Gasteiger charge is 1.98. The van der Waals surface area contributed by atoms with Crippen molar-refractivity contribution in [2.45, 2.75) is 77.6 Å². The highest BCUT2D eigenvalue weighted by molar-refractivity contribution is 14.0. The Morgan fingerprint density at radius 2 is 1.42 bits per heavy atom. The molecule has 1 heterocycles. The highest BCUT2D eigenvalue weighted by atomic mass is 127. The van der Waals surface area contributed by atoms with Crippen LogP contribution in [-0.4, -0.2) is 9.55 Å². The lowest BCUT2D eigenvalue weighted by molar-refractivity contribution is 0.552. The Bertz CT molecular complexity index is 297. The van der Waals surface area contributed by atoms with Crippen molar-refractivity contribution in [1.29, 1.82) is 0 Å². The molecule has 19 heavy (non-hydrogen) atoms. The average Bonchev–Trinajstić information content (AvgIpc) is 2.77. The predicted octanol–water partition coefficient (Wildman–Crippen LogP) is 5.50. The lowest BCUT2D eigenvalue weighted by atomic mass is 10.1. The van der Waals surface area contributed by atoms with E-state index in [1.807, 2.05) is 12.4 Å². The number of aryl methyl sites for hydroxylation is 2. The number of unbranched alkanes of at least 4 members (excludes halogenated alkanes) is 9. The number of nitrogens with zero attached hydrogens (tertiary/aromatic N) is 2. The molecule has 0 aromatic carbocycles. The Labute approximate surface area is 136 Å². The zero-order valence-electron chi connectivity index (χ0n) is 12.7. The maximum atomic E-state index is 4.35. The molecular weight excluding hydrogens is 347 g/mol. The van der Waals surface area contributed by atoms with E-state index in [-0.39, 0.29) is 24.0 Å². The van der Waals surface area contributed by atoms with Crippen molar-refractivity contribution in [3.63, 3.8) is 0 Å². The fraction of sp³-hybridized carbons (Fsp3) is 0.812. The van der Waals surface area contributed by atoms with Gasteiger partial charge in [-0.05, 0) is 6.42 Å². The van der Waals surface area contributed by atoms with Crippen LogP contribution in [0.15, 0.2) is 12.4 Å². The van der Waals surface area contributed by atoms with Gasteiger partial charge in [0.05, 0.1) is 0 Å². The number of aromatic nitrogens is 2. The third-order valence-electron chi connectivity index (χ3n) is 3.67. The minimum Gasteiger partial charge on any atom is -0.338 e. The smallest absolute Gasteiger partial charge is 0.108 e. The van der Waals surface area contributed by atoms with Gasteiger partial charge in [0.15, 0.2) is 0 Å². The molecule has 1 rings (SSSR count).